The number of hydrogen-bond acceptors (Lipinski definition) is 5. The molecule has 0 fully saturated rings. The first kappa shape index (κ1) is 17.2. The van der Waals surface area contributed by atoms with Crippen molar-refractivity contribution >= 4 is 18.4 Å². The summed E-state index contributed by atoms with van der Waals surface area (Å²) in [6, 6.07) is 5.69. The molecule has 7 heteroatoms. The number of nitrogens with one attached hydrogen (secondary N) is 1. The van der Waals surface area contributed by atoms with Gasteiger partial charge in [-0.1, -0.05) is 13.8 Å². The molecule has 0 aliphatic heterocycles. The Labute approximate surface area is 141 Å². The van der Waals surface area contributed by atoms with E-state index in [-0.39, 0.29) is 0 Å². The van der Waals surface area contributed by atoms with Gasteiger partial charge >= 0.3 is 0 Å². The molecular formula is C16H22N4O2S. The third kappa shape index (κ3) is 4.41. The molecule has 0 aliphatic rings. The van der Waals surface area contributed by atoms with Crippen LogP contribution in [0.2, 0.25) is 0 Å². The Morgan fingerprint density at radius 3 is 2.83 bits per heavy atom. The predicted molar refractivity (Wildman–Crippen MR) is 93.2 cm³/mol. The Kier molecular flexibility index (Phi) is 6.34. The summed E-state index contributed by atoms with van der Waals surface area (Å²) < 4.78 is 13.2. The second-order valence-corrected chi connectivity index (χ2v) is 5.40. The van der Waals surface area contributed by atoms with Gasteiger partial charge in [0.25, 0.3) is 0 Å². The number of aromatic amines is 1. The largest absolute Gasteiger partial charge is 0.493 e. The van der Waals surface area contributed by atoms with Crippen LogP contribution < -0.4 is 9.47 Å². The maximum atomic E-state index is 5.71. The molecule has 0 spiro atoms. The molecule has 0 atom stereocenters. The minimum atomic E-state index is 0.487. The lowest BCUT2D eigenvalue weighted by Crippen LogP contribution is -2.00. The fourth-order valence-corrected chi connectivity index (χ4v) is 2.25. The van der Waals surface area contributed by atoms with Crippen molar-refractivity contribution in [2.75, 3.05) is 13.7 Å². The molecule has 0 bridgehead atoms. The molecule has 1 heterocycles. The van der Waals surface area contributed by atoms with Crippen molar-refractivity contribution in [2.24, 2.45) is 5.10 Å². The van der Waals surface area contributed by atoms with E-state index in [9.17, 15) is 0 Å². The molecule has 1 aromatic carbocycles. The fraction of sp³-hybridized carbons (Fsp3) is 0.438. The van der Waals surface area contributed by atoms with Crippen LogP contribution in [0.3, 0.4) is 0 Å². The lowest BCUT2D eigenvalue weighted by Gasteiger charge is -2.10. The highest BCUT2D eigenvalue weighted by Gasteiger charge is 2.06. The van der Waals surface area contributed by atoms with Gasteiger partial charge in [-0.25, -0.2) is 0 Å². The summed E-state index contributed by atoms with van der Waals surface area (Å²) in [4.78, 5) is 0. The fourth-order valence-electron chi connectivity index (χ4n) is 2.05. The van der Waals surface area contributed by atoms with Gasteiger partial charge in [-0.15, -0.1) is 0 Å². The molecule has 0 radical (unpaired) electrons. The molecule has 0 unspecified atom stereocenters. The number of H-pyrrole nitrogens is 1. The highest BCUT2D eigenvalue weighted by atomic mass is 32.1. The second-order valence-electron chi connectivity index (χ2n) is 5.01. The molecule has 1 N–H and O–H groups in total. The summed E-state index contributed by atoms with van der Waals surface area (Å²) in [5.74, 6) is 2.25. The summed E-state index contributed by atoms with van der Waals surface area (Å²) in [6.45, 7) is 4.80. The summed E-state index contributed by atoms with van der Waals surface area (Å²) in [6.07, 6.45) is 4.47. The van der Waals surface area contributed by atoms with Crippen LogP contribution in [0.5, 0.6) is 11.5 Å². The van der Waals surface area contributed by atoms with Crippen molar-refractivity contribution in [3.63, 3.8) is 0 Å². The molecule has 0 saturated carbocycles. The van der Waals surface area contributed by atoms with Gasteiger partial charge in [-0.05, 0) is 48.8 Å². The van der Waals surface area contributed by atoms with Crippen molar-refractivity contribution < 1.29 is 9.47 Å². The first-order valence-electron chi connectivity index (χ1n) is 7.71. The average molecular weight is 334 g/mol. The SMILES string of the molecule is CCCOc1cc(/C=N\n2c(CCC)n[nH]c2=S)ccc1OC. The summed E-state index contributed by atoms with van der Waals surface area (Å²) in [5, 5.41) is 11.4. The molecule has 6 nitrogen and oxygen atoms in total. The standard InChI is InChI=1S/C16H22N4O2S/c1-4-6-15-18-19-16(23)20(15)17-11-12-7-8-13(21-3)14(10-12)22-9-5-2/h7-8,10-11H,4-6,9H2,1-3H3,(H,19,23)/b17-11-. The van der Waals surface area contributed by atoms with E-state index in [0.717, 1.165) is 30.7 Å². The first-order chi connectivity index (χ1) is 11.2. The number of methoxy groups -OCH3 is 1. The van der Waals surface area contributed by atoms with E-state index in [0.29, 0.717) is 22.9 Å². The molecule has 0 aliphatic carbocycles. The third-order valence-corrected chi connectivity index (χ3v) is 3.43. The van der Waals surface area contributed by atoms with Crippen molar-refractivity contribution in [3.05, 3.63) is 34.4 Å². The Bertz CT molecular complexity index is 721. The van der Waals surface area contributed by atoms with Gasteiger partial charge in [0.1, 0.15) is 0 Å². The summed E-state index contributed by atoms with van der Waals surface area (Å²) >= 11 is 5.21. The molecular weight excluding hydrogens is 312 g/mol. The van der Waals surface area contributed by atoms with Gasteiger partial charge < -0.3 is 9.47 Å². The Morgan fingerprint density at radius 2 is 2.13 bits per heavy atom. The van der Waals surface area contributed by atoms with Crippen LogP contribution in [0.1, 0.15) is 38.1 Å². The lowest BCUT2D eigenvalue weighted by molar-refractivity contribution is 0.294. The number of benzene rings is 1. The topological polar surface area (TPSA) is 64.4 Å². The molecule has 2 rings (SSSR count). The van der Waals surface area contributed by atoms with Crippen LogP contribution in [0.15, 0.2) is 23.3 Å². The normalized spacial score (nSPS) is 11.1. The van der Waals surface area contributed by atoms with Crippen molar-refractivity contribution in [1.82, 2.24) is 14.9 Å². The Morgan fingerprint density at radius 1 is 1.30 bits per heavy atom. The van der Waals surface area contributed by atoms with Crippen LogP contribution in [0.25, 0.3) is 0 Å². The molecule has 1 aromatic heterocycles. The van der Waals surface area contributed by atoms with Gasteiger partial charge in [0.05, 0.1) is 19.9 Å². The van der Waals surface area contributed by atoms with Gasteiger partial charge in [-0.2, -0.15) is 14.9 Å². The number of nitrogens with zero attached hydrogens (tertiary/aromatic N) is 3. The zero-order valence-corrected chi connectivity index (χ0v) is 14.5. The van der Waals surface area contributed by atoms with E-state index in [1.165, 1.54) is 0 Å². The lowest BCUT2D eigenvalue weighted by atomic mass is 10.2. The molecule has 0 saturated heterocycles. The molecule has 23 heavy (non-hydrogen) atoms. The predicted octanol–water partition coefficient (Wildman–Crippen LogP) is 3.57. The smallest absolute Gasteiger partial charge is 0.216 e. The molecule has 2 aromatic rings. The van der Waals surface area contributed by atoms with Crippen LogP contribution in [0.4, 0.5) is 0 Å². The number of rotatable bonds is 8. The van der Waals surface area contributed by atoms with E-state index in [4.69, 9.17) is 21.7 Å². The van der Waals surface area contributed by atoms with Crippen LogP contribution >= 0.6 is 12.2 Å². The van der Waals surface area contributed by atoms with E-state index in [1.54, 1.807) is 18.0 Å². The van der Waals surface area contributed by atoms with E-state index in [2.05, 4.69) is 29.1 Å². The number of aryl methyl sites for hydroxylation is 1. The highest BCUT2D eigenvalue weighted by molar-refractivity contribution is 7.71. The maximum absolute atomic E-state index is 5.71. The van der Waals surface area contributed by atoms with E-state index >= 15 is 0 Å². The van der Waals surface area contributed by atoms with Crippen molar-refractivity contribution in [2.45, 2.75) is 33.1 Å². The number of hydrogen-bond donors (Lipinski definition) is 1. The van der Waals surface area contributed by atoms with Gasteiger partial charge in [0, 0.05) is 6.42 Å². The van der Waals surface area contributed by atoms with Crippen molar-refractivity contribution in [3.8, 4) is 11.5 Å². The number of ether oxygens (including phenoxy) is 2. The minimum absolute atomic E-state index is 0.487. The third-order valence-electron chi connectivity index (χ3n) is 3.16. The Hall–Kier alpha value is -2.15. The molecule has 0 amide bonds. The van der Waals surface area contributed by atoms with E-state index in [1.807, 2.05) is 18.2 Å². The highest BCUT2D eigenvalue weighted by Crippen LogP contribution is 2.27. The summed E-state index contributed by atoms with van der Waals surface area (Å²) in [7, 11) is 1.63. The molecule has 124 valence electrons. The van der Waals surface area contributed by atoms with Crippen LogP contribution in [-0.4, -0.2) is 34.8 Å². The second kappa shape index (κ2) is 8.47. The minimum Gasteiger partial charge on any atom is -0.493 e. The average Bonchev–Trinajstić information content (AvgIpc) is 2.91. The van der Waals surface area contributed by atoms with Gasteiger partial charge in [0.15, 0.2) is 17.3 Å². The van der Waals surface area contributed by atoms with Crippen LogP contribution in [-0.2, 0) is 6.42 Å². The quantitative estimate of drug-likeness (QED) is 0.592. The summed E-state index contributed by atoms with van der Waals surface area (Å²) in [5.41, 5.74) is 0.905. The maximum Gasteiger partial charge on any atom is 0.216 e. The zero-order valence-electron chi connectivity index (χ0n) is 13.7. The van der Waals surface area contributed by atoms with E-state index < -0.39 is 0 Å². The first-order valence-corrected chi connectivity index (χ1v) is 8.11. The van der Waals surface area contributed by atoms with Gasteiger partial charge in [0.2, 0.25) is 4.77 Å². The van der Waals surface area contributed by atoms with Gasteiger partial charge in [-0.3, -0.25) is 5.10 Å². The van der Waals surface area contributed by atoms with Crippen molar-refractivity contribution in [1.29, 1.82) is 0 Å². The zero-order chi connectivity index (χ0) is 16.7. The Balaban J connectivity index is 2.26. The van der Waals surface area contributed by atoms with Crippen LogP contribution in [0, 0.1) is 4.77 Å². The monoisotopic (exact) mass is 334 g/mol. The number of aromatic nitrogens is 3.